The van der Waals surface area contributed by atoms with Gasteiger partial charge in [-0.2, -0.15) is 0 Å². The van der Waals surface area contributed by atoms with E-state index < -0.39 is 17.3 Å². The molecular formula is C19H12ClN3O4. The minimum atomic E-state index is -1.37. The average molecular weight is 382 g/mol. The van der Waals surface area contributed by atoms with Crippen LogP contribution in [0.2, 0.25) is 5.02 Å². The second kappa shape index (κ2) is 6.62. The van der Waals surface area contributed by atoms with Crippen molar-refractivity contribution in [2.75, 3.05) is 5.32 Å². The Morgan fingerprint density at radius 1 is 1.30 bits per heavy atom. The van der Waals surface area contributed by atoms with Crippen molar-refractivity contribution in [3.8, 4) is 0 Å². The Bertz CT molecular complexity index is 1130. The van der Waals surface area contributed by atoms with Gasteiger partial charge in [-0.3, -0.25) is 4.79 Å². The van der Waals surface area contributed by atoms with E-state index in [-0.39, 0.29) is 11.6 Å². The van der Waals surface area contributed by atoms with Crippen molar-refractivity contribution in [3.05, 3.63) is 76.6 Å². The van der Waals surface area contributed by atoms with Crippen LogP contribution < -0.4 is 5.32 Å². The van der Waals surface area contributed by atoms with E-state index in [0.717, 1.165) is 0 Å². The molecule has 3 aromatic rings. The number of Topliss-reactive ketones (excluding diaryl/α,β-unsaturated/α-hetero) is 1. The molecule has 7 nitrogen and oxygen atoms in total. The summed E-state index contributed by atoms with van der Waals surface area (Å²) in [6.07, 6.45) is 4.60. The minimum Gasteiger partial charge on any atom is -0.477 e. The molecule has 27 heavy (non-hydrogen) atoms. The van der Waals surface area contributed by atoms with E-state index >= 15 is 0 Å². The fraction of sp³-hybridized carbons (Fsp3) is 0. The van der Waals surface area contributed by atoms with Crippen molar-refractivity contribution in [1.82, 2.24) is 9.97 Å². The Labute approximate surface area is 157 Å². The summed E-state index contributed by atoms with van der Waals surface area (Å²) < 4.78 is 5.54. The van der Waals surface area contributed by atoms with Gasteiger partial charge in [0.15, 0.2) is 11.3 Å². The highest BCUT2D eigenvalue weighted by Crippen LogP contribution is 2.30. The van der Waals surface area contributed by atoms with Crippen LogP contribution in [-0.2, 0) is 14.3 Å². The largest absolute Gasteiger partial charge is 0.477 e. The fourth-order valence-corrected chi connectivity index (χ4v) is 2.88. The van der Waals surface area contributed by atoms with Crippen LogP contribution >= 0.6 is 11.6 Å². The zero-order chi connectivity index (χ0) is 19.0. The molecule has 1 aliphatic heterocycles. The number of allylic oxidation sites excluding steroid dienone is 1. The molecule has 0 saturated carbocycles. The summed E-state index contributed by atoms with van der Waals surface area (Å²) in [6, 6.07) is 10.5. The number of aliphatic carboxylic acids is 1. The lowest BCUT2D eigenvalue weighted by Gasteiger charge is -2.07. The van der Waals surface area contributed by atoms with Crippen LogP contribution in [0.15, 0.2) is 66.0 Å². The van der Waals surface area contributed by atoms with Crippen LogP contribution in [0.1, 0.15) is 5.56 Å². The van der Waals surface area contributed by atoms with Gasteiger partial charge >= 0.3 is 5.97 Å². The number of rotatable bonds is 4. The van der Waals surface area contributed by atoms with Crippen LogP contribution in [0.5, 0.6) is 0 Å². The standard InChI is InChI=1S/C19H12ClN3O4/c20-11-7-13-10(8-21-17(13)22-9-11)6-14-16(24)15(19(25)26)18(27-14)23-12-4-2-1-3-5-12/h1-9,23H,(H,21,22)(H,25,26)/b14-6-. The minimum absolute atomic E-state index is 0.105. The zero-order valence-corrected chi connectivity index (χ0v) is 14.4. The summed E-state index contributed by atoms with van der Waals surface area (Å²) in [7, 11) is 0. The molecule has 1 aromatic carbocycles. The summed E-state index contributed by atoms with van der Waals surface area (Å²) in [4.78, 5) is 31.2. The molecule has 0 amide bonds. The number of carboxylic acid groups (broad SMARTS) is 1. The van der Waals surface area contributed by atoms with Gasteiger partial charge in [-0.1, -0.05) is 29.8 Å². The van der Waals surface area contributed by atoms with Gasteiger partial charge in [0.05, 0.1) is 5.02 Å². The summed E-state index contributed by atoms with van der Waals surface area (Å²) >= 11 is 5.98. The number of pyridine rings is 1. The molecule has 3 N–H and O–H groups in total. The summed E-state index contributed by atoms with van der Waals surface area (Å²) in [6.45, 7) is 0. The molecule has 0 aliphatic carbocycles. The number of aromatic nitrogens is 2. The molecule has 0 unspecified atom stereocenters. The van der Waals surface area contributed by atoms with E-state index in [1.165, 1.54) is 12.3 Å². The van der Waals surface area contributed by atoms with Gasteiger partial charge in [0.1, 0.15) is 5.65 Å². The number of carbonyl (C=O) groups excluding carboxylic acids is 1. The number of ketones is 1. The highest BCUT2D eigenvalue weighted by molar-refractivity contribution is 6.31. The molecule has 0 radical (unpaired) electrons. The molecule has 8 heteroatoms. The van der Waals surface area contributed by atoms with Crippen molar-refractivity contribution in [2.24, 2.45) is 0 Å². The molecule has 1 aliphatic rings. The van der Waals surface area contributed by atoms with E-state index in [4.69, 9.17) is 16.3 Å². The number of benzene rings is 1. The lowest BCUT2D eigenvalue weighted by atomic mass is 10.1. The lowest BCUT2D eigenvalue weighted by molar-refractivity contribution is -0.134. The smallest absolute Gasteiger partial charge is 0.345 e. The second-order valence-corrected chi connectivity index (χ2v) is 6.17. The number of carboxylic acids is 1. The first kappa shape index (κ1) is 16.9. The molecule has 4 rings (SSSR count). The number of hydrogen-bond acceptors (Lipinski definition) is 5. The van der Waals surface area contributed by atoms with Crippen molar-refractivity contribution in [1.29, 1.82) is 0 Å². The van der Waals surface area contributed by atoms with Gasteiger partial charge in [-0.05, 0) is 24.3 Å². The van der Waals surface area contributed by atoms with Crippen LogP contribution in [0, 0.1) is 0 Å². The number of aromatic amines is 1. The first-order chi connectivity index (χ1) is 13.0. The maximum absolute atomic E-state index is 12.6. The van der Waals surface area contributed by atoms with Gasteiger partial charge in [0.25, 0.3) is 0 Å². The third-order valence-electron chi connectivity index (χ3n) is 3.95. The van der Waals surface area contributed by atoms with E-state index in [1.807, 2.05) is 6.07 Å². The predicted molar refractivity (Wildman–Crippen MR) is 99.9 cm³/mol. The van der Waals surface area contributed by atoms with E-state index in [1.54, 1.807) is 36.5 Å². The number of halogens is 1. The first-order valence-corrected chi connectivity index (χ1v) is 8.27. The molecular weight excluding hydrogens is 370 g/mol. The number of nitrogens with zero attached hydrogens (tertiary/aromatic N) is 1. The van der Waals surface area contributed by atoms with Crippen molar-refractivity contribution >= 4 is 46.2 Å². The second-order valence-electron chi connectivity index (χ2n) is 5.73. The molecule has 2 aromatic heterocycles. The maximum Gasteiger partial charge on any atom is 0.345 e. The number of anilines is 1. The Hall–Kier alpha value is -3.58. The van der Waals surface area contributed by atoms with Gasteiger partial charge in [-0.25, -0.2) is 9.78 Å². The quantitative estimate of drug-likeness (QED) is 0.471. The topological polar surface area (TPSA) is 104 Å². The number of para-hydroxylation sites is 1. The summed E-state index contributed by atoms with van der Waals surface area (Å²) in [5, 5.41) is 13.4. The molecule has 3 heterocycles. The highest BCUT2D eigenvalue weighted by atomic mass is 35.5. The Balaban J connectivity index is 1.71. The van der Waals surface area contributed by atoms with Crippen LogP contribution in [0.3, 0.4) is 0 Å². The number of H-pyrrole nitrogens is 1. The normalized spacial score (nSPS) is 15.4. The van der Waals surface area contributed by atoms with E-state index in [2.05, 4.69) is 15.3 Å². The maximum atomic E-state index is 12.6. The highest BCUT2D eigenvalue weighted by Gasteiger charge is 2.36. The van der Waals surface area contributed by atoms with Crippen molar-refractivity contribution < 1.29 is 19.4 Å². The van der Waals surface area contributed by atoms with Crippen LogP contribution in [0.4, 0.5) is 5.69 Å². The monoisotopic (exact) mass is 381 g/mol. The number of ether oxygens (including phenoxy) is 1. The Kier molecular flexibility index (Phi) is 4.13. The molecule has 134 valence electrons. The summed E-state index contributed by atoms with van der Waals surface area (Å²) in [5.41, 5.74) is 1.34. The molecule has 0 bridgehead atoms. The molecule has 0 fully saturated rings. The van der Waals surface area contributed by atoms with E-state index in [0.29, 0.717) is 27.3 Å². The fourth-order valence-electron chi connectivity index (χ4n) is 2.72. The first-order valence-electron chi connectivity index (χ1n) is 7.89. The third-order valence-corrected chi connectivity index (χ3v) is 4.16. The number of hydrogen-bond donors (Lipinski definition) is 3. The van der Waals surface area contributed by atoms with Crippen molar-refractivity contribution in [2.45, 2.75) is 0 Å². The molecule has 0 saturated heterocycles. The van der Waals surface area contributed by atoms with E-state index in [9.17, 15) is 14.7 Å². The molecule has 0 atom stereocenters. The van der Waals surface area contributed by atoms with Gasteiger partial charge < -0.3 is 20.1 Å². The van der Waals surface area contributed by atoms with Crippen LogP contribution in [0.25, 0.3) is 17.1 Å². The predicted octanol–water partition coefficient (Wildman–Crippen LogP) is 3.56. The third kappa shape index (κ3) is 3.16. The number of carbonyl (C=O) groups is 2. The SMILES string of the molecule is O=C(O)C1=C(Nc2ccccc2)O/C(=C\c2c[nH]c3ncc(Cl)cc23)C1=O. The zero-order valence-electron chi connectivity index (χ0n) is 13.7. The average Bonchev–Trinajstić information content (AvgIpc) is 3.17. The van der Waals surface area contributed by atoms with Crippen LogP contribution in [-0.4, -0.2) is 26.8 Å². The summed E-state index contributed by atoms with van der Waals surface area (Å²) in [5.74, 6) is -2.32. The Morgan fingerprint density at radius 2 is 2.07 bits per heavy atom. The van der Waals surface area contributed by atoms with Gasteiger partial charge in [0, 0.05) is 29.0 Å². The lowest BCUT2D eigenvalue weighted by Crippen LogP contribution is -2.12. The number of fused-ring (bicyclic) bond motifs is 1. The van der Waals surface area contributed by atoms with Crippen molar-refractivity contribution in [3.63, 3.8) is 0 Å². The van der Waals surface area contributed by atoms with Gasteiger partial charge in [-0.15, -0.1) is 0 Å². The molecule has 0 spiro atoms. The van der Waals surface area contributed by atoms with Gasteiger partial charge in [0.2, 0.25) is 11.7 Å². The Morgan fingerprint density at radius 3 is 2.81 bits per heavy atom. The number of nitrogens with one attached hydrogen (secondary N) is 2.